The number of ether oxygens (including phenoxy) is 1. The summed E-state index contributed by atoms with van der Waals surface area (Å²) in [6, 6.07) is 8.77. The maximum atomic E-state index is 12.9. The molecule has 2 aromatic heterocycles. The fourth-order valence-electron chi connectivity index (χ4n) is 6.20. The molecule has 1 aliphatic heterocycles. The zero-order valence-corrected chi connectivity index (χ0v) is 24.5. The highest BCUT2D eigenvalue weighted by Gasteiger charge is 2.80. The molecule has 0 spiro atoms. The Morgan fingerprint density at radius 1 is 1.05 bits per heavy atom. The van der Waals surface area contributed by atoms with Crippen molar-refractivity contribution >= 4 is 31.7 Å². The van der Waals surface area contributed by atoms with E-state index in [1.165, 1.54) is 12.7 Å². The number of fused-ring (bicyclic) bond motifs is 1. The number of carbonyl (C=O) groups is 1. The molecule has 38 heavy (non-hydrogen) atoms. The van der Waals surface area contributed by atoms with Crippen molar-refractivity contribution in [3.8, 4) is 0 Å². The second-order valence-corrected chi connectivity index (χ2v) is 15.5. The van der Waals surface area contributed by atoms with Gasteiger partial charge in [-0.25, -0.2) is 15.0 Å². The Morgan fingerprint density at radius 3 is 2.21 bits per heavy atom. The van der Waals surface area contributed by atoms with Gasteiger partial charge >= 0.3 is 0 Å². The van der Waals surface area contributed by atoms with Crippen molar-refractivity contribution in [2.24, 2.45) is 10.8 Å². The number of aliphatic hydroxyl groups is 3. The first kappa shape index (κ1) is 28.3. The van der Waals surface area contributed by atoms with E-state index in [1.807, 2.05) is 60.7 Å². The van der Waals surface area contributed by atoms with Crippen LogP contribution in [0.4, 0.5) is 5.82 Å². The molecule has 1 saturated heterocycles. The summed E-state index contributed by atoms with van der Waals surface area (Å²) < 4.78 is 8.35. The van der Waals surface area contributed by atoms with E-state index in [1.54, 1.807) is 28.8 Å². The van der Waals surface area contributed by atoms with Gasteiger partial charge in [0.1, 0.15) is 32.4 Å². The minimum Gasteiger partial charge on any atom is -0.394 e. The standard InChI is InChI=1S/C27H39N5O5Si/c1-23(2,3)25(35)18(14-33)37-27(38(7)8,26(25,36)24(4,5)6)32-16-30-19-20(28-15-29-21(19)32)31-22(34)17-12-10-9-11-13-17/h9-13,15-16,18,33,35-36,38H,14H2,1-8H3,(H,28,29,31,34)/t18-,25+,26-,27+/m1/s1. The first-order valence-corrected chi connectivity index (χ1v) is 15.7. The highest BCUT2D eigenvalue weighted by molar-refractivity contribution is 6.58. The van der Waals surface area contributed by atoms with Crippen LogP contribution in [0.5, 0.6) is 0 Å². The second kappa shape index (κ2) is 9.20. The highest BCUT2D eigenvalue weighted by Crippen LogP contribution is 2.63. The van der Waals surface area contributed by atoms with E-state index >= 15 is 0 Å². The molecule has 1 aliphatic rings. The molecule has 1 amide bonds. The molecule has 3 aromatic rings. The number of hydrogen-bond acceptors (Lipinski definition) is 8. The van der Waals surface area contributed by atoms with E-state index in [9.17, 15) is 20.1 Å². The number of benzene rings is 1. The van der Waals surface area contributed by atoms with Gasteiger partial charge in [0.25, 0.3) is 5.91 Å². The van der Waals surface area contributed by atoms with Crippen LogP contribution in [0.2, 0.25) is 13.1 Å². The Hall–Kier alpha value is -2.70. The molecule has 4 atom stereocenters. The number of amides is 1. The number of carbonyl (C=O) groups excluding carboxylic acids is 1. The van der Waals surface area contributed by atoms with Crippen molar-refractivity contribution in [1.29, 1.82) is 0 Å². The average molecular weight is 542 g/mol. The number of hydrogen-bond donors (Lipinski definition) is 4. The topological polar surface area (TPSA) is 143 Å². The highest BCUT2D eigenvalue weighted by atomic mass is 28.3. The largest absolute Gasteiger partial charge is 0.394 e. The lowest BCUT2D eigenvalue weighted by atomic mass is 9.56. The fourth-order valence-corrected chi connectivity index (χ4v) is 8.87. The van der Waals surface area contributed by atoms with E-state index in [0.717, 1.165) is 0 Å². The van der Waals surface area contributed by atoms with Gasteiger partial charge in [-0.2, -0.15) is 0 Å². The molecule has 3 heterocycles. The summed E-state index contributed by atoms with van der Waals surface area (Å²) in [5.41, 5.74) is -4.41. The summed E-state index contributed by atoms with van der Waals surface area (Å²) in [5.74, 6) is -0.135. The van der Waals surface area contributed by atoms with Crippen LogP contribution in [0.15, 0.2) is 43.0 Å². The van der Waals surface area contributed by atoms with Gasteiger partial charge in [0.05, 0.1) is 12.9 Å². The first-order valence-electron chi connectivity index (χ1n) is 12.9. The molecule has 10 nitrogen and oxygen atoms in total. The molecular weight excluding hydrogens is 502 g/mol. The lowest BCUT2D eigenvalue weighted by molar-refractivity contribution is -0.256. The van der Waals surface area contributed by atoms with E-state index in [2.05, 4.69) is 20.3 Å². The quantitative estimate of drug-likeness (QED) is 0.361. The van der Waals surface area contributed by atoms with Gasteiger partial charge in [0.2, 0.25) is 0 Å². The molecule has 0 aliphatic carbocycles. The number of anilines is 1. The number of aromatic nitrogens is 4. The van der Waals surface area contributed by atoms with Gasteiger partial charge in [-0.3, -0.25) is 9.36 Å². The van der Waals surface area contributed by atoms with Crippen molar-refractivity contribution in [2.45, 2.75) is 77.3 Å². The molecule has 1 fully saturated rings. The van der Waals surface area contributed by atoms with Gasteiger partial charge in [-0.1, -0.05) is 72.8 Å². The molecule has 0 bridgehead atoms. The third kappa shape index (κ3) is 3.67. The lowest BCUT2D eigenvalue weighted by Crippen LogP contribution is -2.76. The number of nitrogens with one attached hydrogen (secondary N) is 1. The van der Waals surface area contributed by atoms with Crippen molar-refractivity contribution in [3.05, 3.63) is 48.5 Å². The van der Waals surface area contributed by atoms with Crippen molar-refractivity contribution in [3.63, 3.8) is 0 Å². The summed E-state index contributed by atoms with van der Waals surface area (Å²) >= 11 is 0. The molecule has 4 rings (SSSR count). The zero-order valence-electron chi connectivity index (χ0n) is 23.4. The van der Waals surface area contributed by atoms with Crippen LogP contribution in [0, 0.1) is 10.8 Å². The molecule has 206 valence electrons. The van der Waals surface area contributed by atoms with Gasteiger partial charge in [-0.05, 0) is 23.0 Å². The van der Waals surface area contributed by atoms with Gasteiger partial charge in [0.15, 0.2) is 22.3 Å². The second-order valence-electron chi connectivity index (χ2n) is 12.4. The molecule has 0 radical (unpaired) electrons. The summed E-state index contributed by atoms with van der Waals surface area (Å²) in [5, 5.41) is 37.2. The third-order valence-electron chi connectivity index (χ3n) is 7.99. The van der Waals surface area contributed by atoms with Crippen molar-refractivity contribution in [2.75, 3.05) is 11.9 Å². The Balaban J connectivity index is 1.97. The number of rotatable bonds is 5. The number of imidazole rings is 1. The summed E-state index contributed by atoms with van der Waals surface area (Å²) in [7, 11) is -2.15. The molecule has 11 heteroatoms. The van der Waals surface area contributed by atoms with Crippen LogP contribution in [0.25, 0.3) is 11.2 Å². The smallest absolute Gasteiger partial charge is 0.256 e. The Kier molecular flexibility index (Phi) is 6.85. The first-order chi connectivity index (χ1) is 17.6. The maximum absolute atomic E-state index is 12.9. The third-order valence-corrected chi connectivity index (χ3v) is 10.4. The predicted octanol–water partition coefficient (Wildman–Crippen LogP) is 2.70. The summed E-state index contributed by atoms with van der Waals surface area (Å²) in [6.45, 7) is 14.6. The van der Waals surface area contributed by atoms with Crippen molar-refractivity contribution in [1.82, 2.24) is 19.5 Å². The molecule has 1 aromatic carbocycles. The Morgan fingerprint density at radius 2 is 1.68 bits per heavy atom. The maximum Gasteiger partial charge on any atom is 0.256 e. The SMILES string of the molecule is C[SiH](C)[C@@]1(n2cnc3c(NC(=O)c4ccccc4)ncnc32)O[C@H](CO)[C@](O)(C(C)(C)C)[C@]1(O)C(C)(C)C. The minimum atomic E-state index is -2.15. The van der Waals surface area contributed by atoms with Crippen LogP contribution >= 0.6 is 0 Å². The predicted molar refractivity (Wildman–Crippen MR) is 147 cm³/mol. The Labute approximate surface area is 224 Å². The van der Waals surface area contributed by atoms with Crippen LogP contribution in [0.3, 0.4) is 0 Å². The van der Waals surface area contributed by atoms with Crippen LogP contribution < -0.4 is 5.32 Å². The van der Waals surface area contributed by atoms with E-state index < -0.39 is 48.9 Å². The summed E-state index contributed by atoms with van der Waals surface area (Å²) in [6.07, 6.45) is 1.75. The van der Waals surface area contributed by atoms with Gasteiger partial charge in [0, 0.05) is 5.56 Å². The van der Waals surface area contributed by atoms with E-state index in [4.69, 9.17) is 4.74 Å². The number of nitrogens with zero attached hydrogens (tertiary/aromatic N) is 4. The average Bonchev–Trinajstić information content (AvgIpc) is 3.37. The zero-order chi connectivity index (χ0) is 28.3. The van der Waals surface area contributed by atoms with E-state index in [-0.39, 0.29) is 11.7 Å². The van der Waals surface area contributed by atoms with Gasteiger partial charge in [-0.15, -0.1) is 0 Å². The van der Waals surface area contributed by atoms with Crippen molar-refractivity contribution < 1.29 is 24.9 Å². The van der Waals surface area contributed by atoms with Crippen LogP contribution in [-0.4, -0.2) is 73.5 Å². The van der Waals surface area contributed by atoms with Crippen LogP contribution in [0.1, 0.15) is 51.9 Å². The lowest BCUT2D eigenvalue weighted by Gasteiger charge is -2.58. The van der Waals surface area contributed by atoms with Gasteiger partial charge < -0.3 is 25.4 Å². The van der Waals surface area contributed by atoms with Crippen LogP contribution in [-0.2, 0) is 10.1 Å². The molecular formula is C27H39N5O5Si. The summed E-state index contributed by atoms with van der Waals surface area (Å²) in [4.78, 5) is 26.2. The molecule has 4 N–H and O–H groups in total. The normalized spacial score (nSPS) is 28.3. The molecule has 0 saturated carbocycles. The minimum absolute atomic E-state index is 0.213. The Bertz CT molecular complexity index is 1340. The number of aliphatic hydroxyl groups excluding tert-OH is 1. The van der Waals surface area contributed by atoms with E-state index in [0.29, 0.717) is 16.7 Å². The molecule has 0 unspecified atom stereocenters. The monoisotopic (exact) mass is 541 g/mol. The fraction of sp³-hybridized carbons (Fsp3) is 0.556.